The summed E-state index contributed by atoms with van der Waals surface area (Å²) in [6.07, 6.45) is 1.40. The average molecular weight is 526 g/mol. The van der Waals surface area contributed by atoms with Gasteiger partial charge >= 0.3 is 0 Å². The first-order valence-electron chi connectivity index (χ1n) is 9.82. The van der Waals surface area contributed by atoms with E-state index in [-0.39, 0.29) is 9.61 Å². The number of nitrogens with zero attached hydrogens (tertiary/aromatic N) is 3. The fourth-order valence-corrected chi connectivity index (χ4v) is 4.41. The molecule has 0 aliphatic heterocycles. The minimum atomic E-state index is -0.362. The van der Waals surface area contributed by atoms with E-state index in [9.17, 15) is 4.79 Å². The van der Waals surface area contributed by atoms with E-state index in [0.29, 0.717) is 23.7 Å². The number of pyridine rings is 1. The van der Waals surface area contributed by atoms with Crippen LogP contribution in [0.15, 0.2) is 59.7 Å². The smallest absolute Gasteiger partial charge is 0.263 e. The molecule has 5 N–H and O–H groups in total. The van der Waals surface area contributed by atoms with Crippen molar-refractivity contribution in [1.29, 1.82) is 0 Å². The molecule has 1 atom stereocenters. The zero-order valence-corrected chi connectivity index (χ0v) is 19.4. The van der Waals surface area contributed by atoms with E-state index in [0.717, 1.165) is 33.3 Å². The Morgan fingerprint density at radius 1 is 1.10 bits per heavy atom. The van der Waals surface area contributed by atoms with Crippen molar-refractivity contribution in [3.63, 3.8) is 0 Å². The van der Waals surface area contributed by atoms with Crippen molar-refractivity contribution < 1.29 is 0 Å². The molecule has 7 nitrogen and oxygen atoms in total. The lowest BCUT2D eigenvalue weighted by atomic mass is 10.1. The normalized spacial score (nSPS) is 12.1. The molecule has 0 amide bonds. The Hall–Kier alpha value is -2.98. The fraction of sp³-hybridized carbons (Fsp3) is 0.174. The lowest BCUT2D eigenvalue weighted by Gasteiger charge is -2.19. The van der Waals surface area contributed by atoms with Crippen molar-refractivity contribution in [2.75, 3.05) is 11.1 Å². The van der Waals surface area contributed by atoms with E-state index in [2.05, 4.69) is 37.9 Å². The number of alkyl halides is 1. The summed E-state index contributed by atoms with van der Waals surface area (Å²) in [5.74, 6) is 0.896. The molecule has 31 heavy (non-hydrogen) atoms. The topological polar surface area (TPSA) is 112 Å². The molecule has 4 rings (SSSR count). The Bertz CT molecular complexity index is 1330. The van der Waals surface area contributed by atoms with Gasteiger partial charge in [-0.2, -0.15) is 0 Å². The number of anilines is 2. The second kappa shape index (κ2) is 8.64. The molecule has 2 aromatic carbocycles. The minimum absolute atomic E-state index is 0.0466. The van der Waals surface area contributed by atoms with E-state index >= 15 is 0 Å². The third kappa shape index (κ3) is 4.00. The Balaban J connectivity index is 1.89. The number of nitrogen functional groups attached to an aromatic ring is 1. The van der Waals surface area contributed by atoms with Crippen molar-refractivity contribution in [3.05, 3.63) is 87.6 Å². The number of nitrogens with two attached hydrogens (primary N) is 2. The van der Waals surface area contributed by atoms with Gasteiger partial charge < -0.3 is 16.8 Å². The van der Waals surface area contributed by atoms with Gasteiger partial charge in [-0.3, -0.25) is 9.36 Å². The number of rotatable bonds is 5. The van der Waals surface area contributed by atoms with Gasteiger partial charge in [-0.05, 0) is 42.5 Å². The number of hydrogen-bond acceptors (Lipinski definition) is 6. The third-order valence-electron chi connectivity index (χ3n) is 5.32. The van der Waals surface area contributed by atoms with Crippen molar-refractivity contribution in [2.24, 2.45) is 5.73 Å². The molecule has 0 saturated heterocycles. The summed E-state index contributed by atoms with van der Waals surface area (Å²) in [7, 11) is 0. The standard InChI is InChI=1S/C23H23IN6O/c1-13-6-3-4-9-17(13)30-16(10-15-8-5-7-14(2)18(15)23(30)31)11-27-22-19(20(24)25)21(26)28-12-29-22/h3-10,12,20H,11,25H2,1-2H3,(H3,26,27,28,29). The monoisotopic (exact) mass is 526 g/mol. The summed E-state index contributed by atoms with van der Waals surface area (Å²) < 4.78 is 1.41. The Kier molecular flexibility index (Phi) is 5.92. The maximum absolute atomic E-state index is 13.6. The van der Waals surface area contributed by atoms with E-state index in [1.54, 1.807) is 4.57 Å². The van der Waals surface area contributed by atoms with Crippen LogP contribution in [0.1, 0.15) is 26.4 Å². The van der Waals surface area contributed by atoms with Crippen LogP contribution in [-0.4, -0.2) is 14.5 Å². The highest BCUT2D eigenvalue weighted by molar-refractivity contribution is 14.1. The molecule has 0 aliphatic rings. The zero-order valence-electron chi connectivity index (χ0n) is 17.3. The van der Waals surface area contributed by atoms with Crippen LogP contribution in [0.5, 0.6) is 0 Å². The number of hydrogen-bond donors (Lipinski definition) is 3. The molecule has 158 valence electrons. The highest BCUT2D eigenvalue weighted by Gasteiger charge is 2.17. The number of para-hydroxylation sites is 1. The summed E-state index contributed by atoms with van der Waals surface area (Å²) in [5, 5.41) is 4.93. The van der Waals surface area contributed by atoms with E-state index < -0.39 is 0 Å². The number of aromatic nitrogens is 3. The molecule has 8 heteroatoms. The number of nitrogens with one attached hydrogen (secondary N) is 1. The number of benzene rings is 2. The van der Waals surface area contributed by atoms with Crippen LogP contribution >= 0.6 is 22.6 Å². The summed E-state index contributed by atoms with van der Waals surface area (Å²) in [6, 6.07) is 15.8. The predicted molar refractivity (Wildman–Crippen MR) is 134 cm³/mol. The van der Waals surface area contributed by atoms with Crippen molar-refractivity contribution in [2.45, 2.75) is 24.4 Å². The van der Waals surface area contributed by atoms with Crippen molar-refractivity contribution in [1.82, 2.24) is 14.5 Å². The summed E-state index contributed by atoms with van der Waals surface area (Å²) in [4.78, 5) is 22.0. The molecule has 1 unspecified atom stereocenters. The first-order chi connectivity index (χ1) is 14.9. The molecule has 0 spiro atoms. The average Bonchev–Trinajstić information content (AvgIpc) is 2.73. The highest BCUT2D eigenvalue weighted by atomic mass is 127. The van der Waals surface area contributed by atoms with Gasteiger partial charge in [-0.15, -0.1) is 0 Å². The lowest BCUT2D eigenvalue weighted by Crippen LogP contribution is -2.25. The number of aryl methyl sites for hydroxylation is 2. The second-order valence-electron chi connectivity index (χ2n) is 7.38. The van der Waals surface area contributed by atoms with Gasteiger partial charge in [0.25, 0.3) is 5.56 Å². The van der Waals surface area contributed by atoms with Crippen LogP contribution in [-0.2, 0) is 6.54 Å². The third-order valence-corrected chi connectivity index (χ3v) is 5.94. The maximum Gasteiger partial charge on any atom is 0.263 e. The van der Waals surface area contributed by atoms with Gasteiger partial charge in [-0.1, -0.05) is 59.0 Å². The predicted octanol–water partition coefficient (Wildman–Crippen LogP) is 3.98. The molecule has 0 saturated carbocycles. The Labute approximate surface area is 193 Å². The van der Waals surface area contributed by atoms with Crippen LogP contribution in [0.25, 0.3) is 16.5 Å². The van der Waals surface area contributed by atoms with Crippen LogP contribution < -0.4 is 22.3 Å². The maximum atomic E-state index is 13.6. The molecule has 0 bridgehead atoms. The van der Waals surface area contributed by atoms with Crippen molar-refractivity contribution >= 4 is 45.0 Å². The SMILES string of the molecule is Cc1ccccc1-n1c(CNc2ncnc(N)c2C(N)I)cc2cccc(C)c2c1=O. The summed E-state index contributed by atoms with van der Waals surface area (Å²) in [6.45, 7) is 4.32. The lowest BCUT2D eigenvalue weighted by molar-refractivity contribution is 0.879. The Morgan fingerprint density at radius 2 is 1.84 bits per heavy atom. The molecule has 2 heterocycles. The van der Waals surface area contributed by atoms with Crippen LogP contribution in [0.4, 0.5) is 11.6 Å². The summed E-state index contributed by atoms with van der Waals surface area (Å²) >= 11 is 2.08. The van der Waals surface area contributed by atoms with Gasteiger partial charge in [0.2, 0.25) is 0 Å². The molecule has 0 aliphatic carbocycles. The first kappa shape index (κ1) is 21.3. The van der Waals surface area contributed by atoms with Gasteiger partial charge in [0, 0.05) is 5.69 Å². The second-order valence-corrected chi connectivity index (χ2v) is 8.72. The highest BCUT2D eigenvalue weighted by Crippen LogP contribution is 2.28. The largest absolute Gasteiger partial charge is 0.383 e. The van der Waals surface area contributed by atoms with Crippen LogP contribution in [0.2, 0.25) is 0 Å². The Morgan fingerprint density at radius 3 is 2.58 bits per heavy atom. The van der Waals surface area contributed by atoms with Crippen molar-refractivity contribution in [3.8, 4) is 5.69 Å². The van der Waals surface area contributed by atoms with Crippen LogP contribution in [0.3, 0.4) is 0 Å². The number of fused-ring (bicyclic) bond motifs is 1. The van der Waals surface area contributed by atoms with E-state index in [1.807, 2.05) is 62.4 Å². The van der Waals surface area contributed by atoms with E-state index in [1.165, 1.54) is 6.33 Å². The van der Waals surface area contributed by atoms with Gasteiger partial charge in [0.1, 0.15) is 18.0 Å². The molecule has 0 radical (unpaired) electrons. The quantitative estimate of drug-likeness (QED) is 0.206. The zero-order chi connectivity index (χ0) is 22.1. The summed E-state index contributed by atoms with van der Waals surface area (Å²) in [5.41, 5.74) is 16.3. The first-order valence-corrected chi connectivity index (χ1v) is 11.1. The molecule has 0 fully saturated rings. The molecule has 2 aromatic heterocycles. The van der Waals surface area contributed by atoms with Crippen LogP contribution in [0, 0.1) is 13.8 Å². The van der Waals surface area contributed by atoms with Gasteiger partial charge in [0.15, 0.2) is 0 Å². The van der Waals surface area contributed by atoms with Gasteiger partial charge in [0.05, 0.1) is 27.2 Å². The minimum Gasteiger partial charge on any atom is -0.383 e. The fourth-order valence-electron chi connectivity index (χ4n) is 3.79. The van der Waals surface area contributed by atoms with E-state index in [4.69, 9.17) is 11.5 Å². The molecule has 4 aromatic rings. The molecular weight excluding hydrogens is 503 g/mol. The van der Waals surface area contributed by atoms with Gasteiger partial charge in [-0.25, -0.2) is 9.97 Å². The molecular formula is C23H23IN6O. The number of halogens is 1.